The highest BCUT2D eigenvalue weighted by atomic mass is 16.2. The first-order chi connectivity index (χ1) is 12.8. The second-order valence-corrected chi connectivity index (χ2v) is 8.57. The van der Waals surface area contributed by atoms with E-state index >= 15 is 0 Å². The fourth-order valence-corrected chi connectivity index (χ4v) is 3.95. The Hall–Kier alpha value is -1.92. The van der Waals surface area contributed by atoms with Crippen LogP contribution in [0.25, 0.3) is 0 Å². The summed E-state index contributed by atoms with van der Waals surface area (Å²) in [6.45, 7) is 8.62. The van der Waals surface area contributed by atoms with Crippen molar-refractivity contribution in [1.29, 1.82) is 0 Å². The number of amides is 2. The molecule has 1 aromatic rings. The van der Waals surface area contributed by atoms with Crippen molar-refractivity contribution in [2.75, 3.05) is 32.7 Å². The summed E-state index contributed by atoms with van der Waals surface area (Å²) in [5.74, 6) is 0.132. The predicted molar refractivity (Wildman–Crippen MR) is 106 cm³/mol. The Labute approximate surface area is 162 Å². The molecular weight excluding hydrogens is 340 g/mol. The number of likely N-dealkylation sites (tertiary alicyclic amines) is 2. The normalized spacial score (nSPS) is 22.6. The molecule has 1 atom stereocenters. The Bertz CT molecular complexity index is 665. The van der Waals surface area contributed by atoms with Crippen molar-refractivity contribution < 1.29 is 9.59 Å². The molecule has 1 aromatic carbocycles. The summed E-state index contributed by atoms with van der Waals surface area (Å²) >= 11 is 0. The number of carbonyl (C=O) groups is 2. The lowest BCUT2D eigenvalue weighted by atomic mass is 9.80. The van der Waals surface area contributed by atoms with E-state index in [0.29, 0.717) is 13.1 Å². The minimum absolute atomic E-state index is 0.0264. The number of rotatable bonds is 5. The Morgan fingerprint density at radius 3 is 2.44 bits per heavy atom. The Kier molecular flexibility index (Phi) is 6.17. The van der Waals surface area contributed by atoms with E-state index in [1.54, 1.807) is 0 Å². The number of hydrogen-bond acceptors (Lipinski definition) is 4. The molecule has 0 spiro atoms. The van der Waals surface area contributed by atoms with Crippen molar-refractivity contribution in [1.82, 2.24) is 15.1 Å². The SMILES string of the molecule is CC1(C)CN(CC(=O)NCc2ccc(C(=O)N3CCCC3)cc2)CCC1N. The Balaban J connectivity index is 1.45. The topological polar surface area (TPSA) is 78.7 Å². The standard InChI is InChI=1S/C21H32N4O2/c1-21(2)15-24(12-9-18(21)22)14-19(26)23-13-16-5-7-17(8-6-16)20(27)25-10-3-4-11-25/h5-8,18H,3-4,9-15,22H2,1-2H3,(H,23,26). The van der Waals surface area contributed by atoms with Crippen LogP contribution < -0.4 is 11.1 Å². The molecule has 0 saturated carbocycles. The summed E-state index contributed by atoms with van der Waals surface area (Å²) in [5, 5.41) is 2.98. The van der Waals surface area contributed by atoms with Gasteiger partial charge in [0.15, 0.2) is 0 Å². The number of piperidine rings is 1. The van der Waals surface area contributed by atoms with Crippen molar-refractivity contribution in [3.8, 4) is 0 Å². The second-order valence-electron chi connectivity index (χ2n) is 8.57. The number of nitrogens with zero attached hydrogens (tertiary/aromatic N) is 2. The molecule has 0 radical (unpaired) electrons. The van der Waals surface area contributed by atoms with E-state index in [9.17, 15) is 9.59 Å². The maximum atomic E-state index is 12.4. The van der Waals surface area contributed by atoms with E-state index in [4.69, 9.17) is 5.73 Å². The van der Waals surface area contributed by atoms with Gasteiger partial charge in [-0.25, -0.2) is 0 Å². The fourth-order valence-electron chi connectivity index (χ4n) is 3.95. The van der Waals surface area contributed by atoms with Gasteiger partial charge in [-0.3, -0.25) is 14.5 Å². The molecule has 27 heavy (non-hydrogen) atoms. The van der Waals surface area contributed by atoms with E-state index in [1.165, 1.54) is 0 Å². The lowest BCUT2D eigenvalue weighted by Gasteiger charge is -2.42. The molecule has 0 aromatic heterocycles. The third-order valence-electron chi connectivity index (χ3n) is 5.84. The highest BCUT2D eigenvalue weighted by molar-refractivity contribution is 5.94. The van der Waals surface area contributed by atoms with Crippen molar-refractivity contribution in [2.24, 2.45) is 11.1 Å². The van der Waals surface area contributed by atoms with Gasteiger partial charge in [-0.15, -0.1) is 0 Å². The summed E-state index contributed by atoms with van der Waals surface area (Å²) in [7, 11) is 0. The molecule has 6 nitrogen and oxygen atoms in total. The number of nitrogens with one attached hydrogen (secondary N) is 1. The van der Waals surface area contributed by atoms with Crippen LogP contribution in [0.3, 0.4) is 0 Å². The lowest BCUT2D eigenvalue weighted by Crippen LogP contribution is -2.54. The minimum Gasteiger partial charge on any atom is -0.351 e. The maximum Gasteiger partial charge on any atom is 0.253 e. The monoisotopic (exact) mass is 372 g/mol. The summed E-state index contributed by atoms with van der Waals surface area (Å²) in [6, 6.07) is 7.76. The van der Waals surface area contributed by atoms with Crippen LogP contribution in [0.5, 0.6) is 0 Å². The van der Waals surface area contributed by atoms with Crippen molar-refractivity contribution in [3.05, 3.63) is 35.4 Å². The molecule has 3 rings (SSSR count). The van der Waals surface area contributed by atoms with Crippen LogP contribution in [0.4, 0.5) is 0 Å². The van der Waals surface area contributed by atoms with Crippen LogP contribution in [0.15, 0.2) is 24.3 Å². The highest BCUT2D eigenvalue weighted by Gasteiger charge is 2.33. The first kappa shape index (κ1) is 19.8. The second kappa shape index (κ2) is 8.40. The van der Waals surface area contributed by atoms with Crippen molar-refractivity contribution in [3.63, 3.8) is 0 Å². The molecular formula is C21H32N4O2. The molecule has 0 aliphatic carbocycles. The van der Waals surface area contributed by atoms with Gasteiger partial charge < -0.3 is 16.0 Å². The number of carbonyl (C=O) groups excluding carboxylic acids is 2. The molecule has 2 aliphatic rings. The first-order valence-electron chi connectivity index (χ1n) is 9.98. The quantitative estimate of drug-likeness (QED) is 0.823. The summed E-state index contributed by atoms with van der Waals surface area (Å²) < 4.78 is 0. The van der Waals surface area contributed by atoms with Crippen LogP contribution in [-0.4, -0.2) is 60.4 Å². The highest BCUT2D eigenvalue weighted by Crippen LogP contribution is 2.27. The first-order valence-corrected chi connectivity index (χ1v) is 9.98. The molecule has 0 bridgehead atoms. The van der Waals surface area contributed by atoms with E-state index in [0.717, 1.165) is 56.6 Å². The van der Waals surface area contributed by atoms with Crippen LogP contribution in [0.1, 0.15) is 49.0 Å². The number of benzene rings is 1. The molecule has 3 N–H and O–H groups in total. The zero-order valence-electron chi connectivity index (χ0n) is 16.5. The van der Waals surface area contributed by atoms with Gasteiger partial charge in [-0.05, 0) is 42.4 Å². The fraction of sp³-hybridized carbons (Fsp3) is 0.619. The third kappa shape index (κ3) is 5.08. The summed E-state index contributed by atoms with van der Waals surface area (Å²) in [4.78, 5) is 28.7. The summed E-state index contributed by atoms with van der Waals surface area (Å²) in [6.07, 6.45) is 3.11. The van der Waals surface area contributed by atoms with Crippen LogP contribution in [0, 0.1) is 5.41 Å². The van der Waals surface area contributed by atoms with E-state index < -0.39 is 0 Å². The number of hydrogen-bond donors (Lipinski definition) is 2. The third-order valence-corrected chi connectivity index (χ3v) is 5.84. The molecule has 2 heterocycles. The van der Waals surface area contributed by atoms with Gasteiger partial charge in [-0.1, -0.05) is 26.0 Å². The molecule has 1 unspecified atom stereocenters. The minimum atomic E-state index is 0.0264. The van der Waals surface area contributed by atoms with E-state index in [-0.39, 0.29) is 23.3 Å². The van der Waals surface area contributed by atoms with Gasteiger partial charge in [0.05, 0.1) is 6.54 Å². The Morgan fingerprint density at radius 2 is 1.81 bits per heavy atom. The van der Waals surface area contributed by atoms with E-state index in [1.807, 2.05) is 29.2 Å². The average Bonchev–Trinajstić information content (AvgIpc) is 3.17. The largest absolute Gasteiger partial charge is 0.351 e. The molecule has 2 saturated heterocycles. The van der Waals surface area contributed by atoms with Crippen molar-refractivity contribution >= 4 is 11.8 Å². The van der Waals surface area contributed by atoms with Gasteiger partial charge in [-0.2, -0.15) is 0 Å². The van der Waals surface area contributed by atoms with Gasteiger partial charge in [0, 0.05) is 44.3 Å². The molecule has 148 valence electrons. The lowest BCUT2D eigenvalue weighted by molar-refractivity contribution is -0.123. The number of nitrogens with two attached hydrogens (primary N) is 1. The average molecular weight is 373 g/mol. The molecule has 2 aliphatic heterocycles. The van der Waals surface area contributed by atoms with Crippen molar-refractivity contribution in [2.45, 2.75) is 45.7 Å². The smallest absolute Gasteiger partial charge is 0.253 e. The molecule has 2 amide bonds. The van der Waals surface area contributed by atoms with Crippen LogP contribution in [-0.2, 0) is 11.3 Å². The van der Waals surface area contributed by atoms with Gasteiger partial charge >= 0.3 is 0 Å². The zero-order chi connectivity index (χ0) is 19.4. The van der Waals surface area contributed by atoms with Gasteiger partial charge in [0.2, 0.25) is 5.91 Å². The van der Waals surface area contributed by atoms with Gasteiger partial charge in [0.1, 0.15) is 0 Å². The maximum absolute atomic E-state index is 12.4. The van der Waals surface area contributed by atoms with E-state index in [2.05, 4.69) is 24.1 Å². The predicted octanol–water partition coefficient (Wildman–Crippen LogP) is 1.60. The van der Waals surface area contributed by atoms with Crippen LogP contribution >= 0.6 is 0 Å². The molecule has 2 fully saturated rings. The Morgan fingerprint density at radius 1 is 1.15 bits per heavy atom. The summed E-state index contributed by atoms with van der Waals surface area (Å²) in [5.41, 5.74) is 7.92. The molecule has 6 heteroatoms. The van der Waals surface area contributed by atoms with Gasteiger partial charge in [0.25, 0.3) is 5.91 Å². The van der Waals surface area contributed by atoms with Crippen LogP contribution in [0.2, 0.25) is 0 Å². The zero-order valence-corrected chi connectivity index (χ0v) is 16.5.